The van der Waals surface area contributed by atoms with Crippen molar-refractivity contribution in [2.24, 2.45) is 5.41 Å². The van der Waals surface area contributed by atoms with Gasteiger partial charge in [0, 0.05) is 12.6 Å². The Morgan fingerprint density at radius 2 is 2.09 bits per heavy atom. The van der Waals surface area contributed by atoms with Gasteiger partial charge in [0.2, 0.25) is 0 Å². The molecule has 0 aromatic heterocycles. The highest BCUT2D eigenvalue weighted by Crippen LogP contribution is 2.43. The second-order valence-corrected chi connectivity index (χ2v) is 9.24. The quantitative estimate of drug-likeness (QED) is 0.372. The van der Waals surface area contributed by atoms with Gasteiger partial charge in [-0.25, -0.2) is 0 Å². The SMILES string of the molecule is C=C/C(=C\C=C/C(=C)CNC1(C(=O)O)CC1)C1CC(C)(C)C2=CC(C(F)(F)F)=C=CC2N1. The summed E-state index contributed by atoms with van der Waals surface area (Å²) < 4.78 is 39.4. The highest BCUT2D eigenvalue weighted by molar-refractivity contribution is 5.82. The van der Waals surface area contributed by atoms with E-state index in [4.69, 9.17) is 0 Å². The van der Waals surface area contributed by atoms with E-state index in [1.54, 1.807) is 6.08 Å². The Balaban J connectivity index is 1.68. The molecule has 2 aliphatic carbocycles. The summed E-state index contributed by atoms with van der Waals surface area (Å²) in [5.41, 5.74) is 2.74. The van der Waals surface area contributed by atoms with Crippen LogP contribution in [0.4, 0.5) is 13.2 Å². The monoisotopic (exact) mass is 446 g/mol. The maximum atomic E-state index is 13.1. The van der Waals surface area contributed by atoms with Gasteiger partial charge in [0.05, 0.1) is 11.6 Å². The molecule has 172 valence electrons. The number of fused-ring (bicyclic) bond motifs is 1. The van der Waals surface area contributed by atoms with Crippen molar-refractivity contribution in [1.29, 1.82) is 0 Å². The van der Waals surface area contributed by atoms with E-state index in [-0.39, 0.29) is 12.1 Å². The zero-order valence-corrected chi connectivity index (χ0v) is 18.4. The second kappa shape index (κ2) is 8.74. The largest absolute Gasteiger partial charge is 0.480 e. The number of nitrogens with one attached hydrogen (secondary N) is 2. The maximum Gasteiger partial charge on any atom is 0.423 e. The van der Waals surface area contributed by atoms with Gasteiger partial charge in [-0.05, 0) is 53.5 Å². The lowest BCUT2D eigenvalue weighted by Gasteiger charge is -2.44. The first kappa shape index (κ1) is 24.1. The average Bonchev–Trinajstić information content (AvgIpc) is 3.49. The minimum absolute atomic E-state index is 0.0899. The molecule has 2 fully saturated rings. The number of carboxylic acids is 1. The number of aliphatic carboxylic acids is 1. The number of rotatable bonds is 8. The summed E-state index contributed by atoms with van der Waals surface area (Å²) in [5.74, 6) is -0.837. The van der Waals surface area contributed by atoms with E-state index in [2.05, 4.69) is 29.5 Å². The fourth-order valence-electron chi connectivity index (χ4n) is 4.14. The zero-order valence-electron chi connectivity index (χ0n) is 18.4. The van der Waals surface area contributed by atoms with Crippen LogP contribution in [0.2, 0.25) is 0 Å². The average molecular weight is 447 g/mol. The Bertz CT molecular complexity index is 972. The first-order chi connectivity index (χ1) is 14.9. The van der Waals surface area contributed by atoms with Crippen LogP contribution in [-0.2, 0) is 4.79 Å². The topological polar surface area (TPSA) is 61.4 Å². The van der Waals surface area contributed by atoms with Gasteiger partial charge in [0.1, 0.15) is 5.54 Å². The molecule has 1 aliphatic heterocycles. The summed E-state index contributed by atoms with van der Waals surface area (Å²) in [6, 6.07) is -0.417. The van der Waals surface area contributed by atoms with Gasteiger partial charge in [0.25, 0.3) is 0 Å². The number of allylic oxidation sites excluding steroid dienone is 3. The first-order valence-corrected chi connectivity index (χ1v) is 10.6. The number of carbonyl (C=O) groups is 1. The molecule has 32 heavy (non-hydrogen) atoms. The summed E-state index contributed by atoms with van der Waals surface area (Å²) in [6.45, 7) is 12.1. The van der Waals surface area contributed by atoms with Crippen LogP contribution in [-0.4, -0.2) is 41.4 Å². The molecule has 2 atom stereocenters. The van der Waals surface area contributed by atoms with Crippen LogP contribution in [0.15, 0.2) is 77.6 Å². The number of hydrogen-bond donors (Lipinski definition) is 3. The Hall–Kier alpha value is -2.60. The van der Waals surface area contributed by atoms with Crippen molar-refractivity contribution in [2.45, 2.75) is 56.9 Å². The third-order valence-corrected chi connectivity index (χ3v) is 6.29. The molecule has 0 radical (unpaired) electrons. The van der Waals surface area contributed by atoms with Gasteiger partial charge in [0.15, 0.2) is 0 Å². The fraction of sp³-hybridized carbons (Fsp3) is 0.440. The zero-order chi connectivity index (χ0) is 23.7. The van der Waals surface area contributed by atoms with Gasteiger partial charge in [-0.2, -0.15) is 13.2 Å². The van der Waals surface area contributed by atoms with E-state index < -0.39 is 28.7 Å². The van der Waals surface area contributed by atoms with Gasteiger partial charge in [-0.1, -0.05) is 51.3 Å². The smallest absolute Gasteiger partial charge is 0.423 e. The van der Waals surface area contributed by atoms with Crippen LogP contribution in [0.3, 0.4) is 0 Å². The van der Waals surface area contributed by atoms with Crippen LogP contribution in [0.25, 0.3) is 0 Å². The standard InChI is InChI=1S/C25H29F3N2O2/c1-5-17(8-6-7-16(2)15-29-24(11-12-24)22(31)32)21-14-23(3,4)19-13-18(25(26,27)28)9-10-20(19)30-21/h5-8,10,13,20-21,29-30H,1-2,11-12,14-15H2,3-4H3,(H,31,32)/b7-6-,17-8+. The normalized spacial score (nSPS) is 26.2. The van der Waals surface area contributed by atoms with E-state index in [1.807, 2.05) is 32.1 Å². The molecule has 3 N–H and O–H groups in total. The van der Waals surface area contributed by atoms with Gasteiger partial charge in [-0.3, -0.25) is 15.4 Å². The molecule has 3 aliphatic rings. The Morgan fingerprint density at radius 3 is 2.66 bits per heavy atom. The van der Waals surface area contributed by atoms with Crippen LogP contribution >= 0.6 is 0 Å². The minimum atomic E-state index is -4.42. The van der Waals surface area contributed by atoms with E-state index in [9.17, 15) is 23.1 Å². The minimum Gasteiger partial charge on any atom is -0.480 e. The lowest BCUT2D eigenvalue weighted by molar-refractivity contribution is -0.140. The predicted octanol–water partition coefficient (Wildman–Crippen LogP) is 4.76. The summed E-state index contributed by atoms with van der Waals surface area (Å²) in [4.78, 5) is 11.2. The molecule has 3 rings (SSSR count). The highest BCUT2D eigenvalue weighted by Gasteiger charge is 2.49. The number of alkyl halides is 3. The molecule has 0 amide bonds. The second-order valence-electron chi connectivity index (χ2n) is 9.24. The van der Waals surface area contributed by atoms with E-state index in [1.165, 1.54) is 12.2 Å². The predicted molar refractivity (Wildman–Crippen MR) is 119 cm³/mol. The molecule has 2 unspecified atom stereocenters. The molecule has 1 saturated carbocycles. The van der Waals surface area contributed by atoms with Crippen molar-refractivity contribution < 1.29 is 23.1 Å². The van der Waals surface area contributed by atoms with Crippen molar-refractivity contribution in [1.82, 2.24) is 10.6 Å². The number of carboxylic acid groups (broad SMARTS) is 1. The molecule has 0 aromatic rings. The Kier molecular flexibility index (Phi) is 6.57. The third-order valence-electron chi connectivity index (χ3n) is 6.29. The molecular weight excluding hydrogens is 417 g/mol. The molecule has 4 nitrogen and oxygen atoms in total. The van der Waals surface area contributed by atoms with E-state index >= 15 is 0 Å². The molecule has 0 aromatic carbocycles. The van der Waals surface area contributed by atoms with Crippen LogP contribution in [0, 0.1) is 5.41 Å². The molecule has 7 heteroatoms. The van der Waals surface area contributed by atoms with E-state index in [0.717, 1.165) is 11.1 Å². The van der Waals surface area contributed by atoms with Crippen molar-refractivity contribution >= 4 is 5.97 Å². The molecule has 1 saturated heterocycles. The number of halogens is 3. The van der Waals surface area contributed by atoms with Crippen molar-refractivity contribution in [3.05, 3.63) is 77.6 Å². The molecule has 1 heterocycles. The molecule has 0 spiro atoms. The number of hydrogen-bond acceptors (Lipinski definition) is 3. The maximum absolute atomic E-state index is 13.1. The lowest BCUT2D eigenvalue weighted by atomic mass is 9.69. The van der Waals surface area contributed by atoms with Crippen LogP contribution in [0.5, 0.6) is 0 Å². The van der Waals surface area contributed by atoms with Gasteiger partial charge < -0.3 is 5.11 Å². The van der Waals surface area contributed by atoms with Crippen molar-refractivity contribution in [3.8, 4) is 0 Å². The summed E-state index contributed by atoms with van der Waals surface area (Å²) in [6.07, 6.45) is 7.38. The highest BCUT2D eigenvalue weighted by atomic mass is 19.4. The summed E-state index contributed by atoms with van der Waals surface area (Å²) >= 11 is 0. The Labute approximate surface area is 186 Å². The summed E-state index contributed by atoms with van der Waals surface area (Å²) in [7, 11) is 0. The molecule has 0 bridgehead atoms. The van der Waals surface area contributed by atoms with Crippen LogP contribution < -0.4 is 10.6 Å². The summed E-state index contributed by atoms with van der Waals surface area (Å²) in [5, 5.41) is 15.7. The van der Waals surface area contributed by atoms with Crippen molar-refractivity contribution in [3.63, 3.8) is 0 Å². The molecular formula is C25H29F3N2O2. The Morgan fingerprint density at radius 1 is 1.41 bits per heavy atom. The van der Waals surface area contributed by atoms with Crippen LogP contribution in [0.1, 0.15) is 33.1 Å². The first-order valence-electron chi connectivity index (χ1n) is 10.6. The third kappa shape index (κ3) is 5.23. The van der Waals surface area contributed by atoms with Gasteiger partial charge in [-0.15, -0.1) is 5.73 Å². The van der Waals surface area contributed by atoms with E-state index in [0.29, 0.717) is 31.4 Å². The van der Waals surface area contributed by atoms with Crippen molar-refractivity contribution in [2.75, 3.05) is 6.54 Å². The number of piperidine rings is 1. The fourth-order valence-corrected chi connectivity index (χ4v) is 4.14. The van der Waals surface area contributed by atoms with Gasteiger partial charge >= 0.3 is 12.1 Å². The lowest BCUT2D eigenvalue weighted by Crippen LogP contribution is -2.50.